The molecule has 2 aromatic carbocycles. The van der Waals surface area contributed by atoms with Gasteiger partial charge in [-0.3, -0.25) is 4.79 Å². The predicted molar refractivity (Wildman–Crippen MR) is 81.5 cm³/mol. The second-order valence-corrected chi connectivity index (χ2v) is 5.55. The molecule has 0 heterocycles. The van der Waals surface area contributed by atoms with Crippen molar-refractivity contribution in [2.24, 2.45) is 5.92 Å². The van der Waals surface area contributed by atoms with Crippen LogP contribution in [0.2, 0.25) is 0 Å². The average Bonchev–Trinajstić information content (AvgIpc) is 3.38. The maximum absolute atomic E-state index is 12.3. The summed E-state index contributed by atoms with van der Waals surface area (Å²) in [6, 6.07) is 19.0. The van der Waals surface area contributed by atoms with Crippen molar-refractivity contribution >= 4 is 5.91 Å². The van der Waals surface area contributed by atoms with Gasteiger partial charge in [-0.15, -0.1) is 0 Å². The Labute approximate surface area is 124 Å². The third-order valence-corrected chi connectivity index (χ3v) is 3.91. The first kappa shape index (κ1) is 13.8. The van der Waals surface area contributed by atoms with Gasteiger partial charge in [0.15, 0.2) is 6.10 Å². The van der Waals surface area contributed by atoms with Crippen LogP contribution in [0.4, 0.5) is 0 Å². The van der Waals surface area contributed by atoms with Gasteiger partial charge < -0.3 is 10.4 Å². The summed E-state index contributed by atoms with van der Waals surface area (Å²) in [5.74, 6) is 0.154. The Balaban J connectivity index is 1.73. The zero-order valence-corrected chi connectivity index (χ0v) is 11.8. The van der Waals surface area contributed by atoms with Gasteiger partial charge in [0.25, 0.3) is 5.91 Å². The summed E-state index contributed by atoms with van der Waals surface area (Å²) in [5, 5.41) is 13.2. The van der Waals surface area contributed by atoms with Crippen LogP contribution in [0.5, 0.6) is 0 Å². The van der Waals surface area contributed by atoms with Crippen LogP contribution in [0.15, 0.2) is 60.7 Å². The minimum absolute atomic E-state index is 0.00272. The van der Waals surface area contributed by atoms with Crippen LogP contribution in [0.25, 0.3) is 0 Å². The highest BCUT2D eigenvalue weighted by Crippen LogP contribution is 2.41. The minimum atomic E-state index is -1.11. The Morgan fingerprint density at radius 3 is 2.00 bits per heavy atom. The zero-order chi connectivity index (χ0) is 14.7. The standard InChI is InChI=1S/C18H19NO2/c20-17(15-9-5-2-6-10-15)18(21)19-16(14-11-12-14)13-7-3-1-4-8-13/h1-10,14,16-17,20H,11-12H2,(H,19,21). The summed E-state index contributed by atoms with van der Waals surface area (Å²) in [4.78, 5) is 12.3. The van der Waals surface area contributed by atoms with Crippen molar-refractivity contribution in [3.63, 3.8) is 0 Å². The Hall–Kier alpha value is -2.13. The highest BCUT2D eigenvalue weighted by molar-refractivity contribution is 5.82. The summed E-state index contributed by atoms with van der Waals surface area (Å²) >= 11 is 0. The Bertz CT molecular complexity index is 593. The molecule has 0 saturated heterocycles. The van der Waals surface area contributed by atoms with Crippen LogP contribution in [0.3, 0.4) is 0 Å². The average molecular weight is 281 g/mol. The second-order valence-electron chi connectivity index (χ2n) is 5.55. The van der Waals surface area contributed by atoms with Crippen molar-refractivity contribution in [1.29, 1.82) is 0 Å². The first-order valence-corrected chi connectivity index (χ1v) is 7.34. The molecule has 1 aliphatic rings. The van der Waals surface area contributed by atoms with E-state index in [1.54, 1.807) is 12.1 Å². The van der Waals surface area contributed by atoms with E-state index in [1.807, 2.05) is 48.5 Å². The van der Waals surface area contributed by atoms with E-state index in [4.69, 9.17) is 0 Å². The van der Waals surface area contributed by atoms with Crippen LogP contribution < -0.4 is 5.32 Å². The number of carbonyl (C=O) groups is 1. The van der Waals surface area contributed by atoms with Crippen molar-refractivity contribution in [3.05, 3.63) is 71.8 Å². The summed E-state index contributed by atoms with van der Waals surface area (Å²) in [7, 11) is 0. The lowest BCUT2D eigenvalue weighted by Gasteiger charge is -2.21. The largest absolute Gasteiger partial charge is 0.378 e. The molecule has 3 nitrogen and oxygen atoms in total. The minimum Gasteiger partial charge on any atom is -0.378 e. The van der Waals surface area contributed by atoms with Crippen LogP contribution >= 0.6 is 0 Å². The van der Waals surface area contributed by atoms with E-state index in [1.165, 1.54) is 0 Å². The highest BCUT2D eigenvalue weighted by atomic mass is 16.3. The number of hydrogen-bond acceptors (Lipinski definition) is 2. The maximum Gasteiger partial charge on any atom is 0.253 e. The number of carbonyl (C=O) groups excluding carboxylic acids is 1. The highest BCUT2D eigenvalue weighted by Gasteiger charge is 2.34. The van der Waals surface area contributed by atoms with Crippen molar-refractivity contribution in [2.75, 3.05) is 0 Å². The molecule has 0 bridgehead atoms. The van der Waals surface area contributed by atoms with Gasteiger partial charge in [0.2, 0.25) is 0 Å². The van der Waals surface area contributed by atoms with E-state index in [2.05, 4.69) is 5.32 Å². The number of aliphatic hydroxyl groups excluding tert-OH is 1. The summed E-state index contributed by atoms with van der Waals surface area (Å²) < 4.78 is 0. The molecular weight excluding hydrogens is 262 g/mol. The lowest BCUT2D eigenvalue weighted by Crippen LogP contribution is -2.34. The first-order chi connectivity index (χ1) is 10.3. The van der Waals surface area contributed by atoms with E-state index >= 15 is 0 Å². The molecule has 1 aliphatic carbocycles. The van der Waals surface area contributed by atoms with E-state index in [0.29, 0.717) is 11.5 Å². The molecular formula is C18H19NO2. The summed E-state index contributed by atoms with van der Waals surface area (Å²) in [5.41, 5.74) is 1.73. The van der Waals surface area contributed by atoms with Crippen LogP contribution in [-0.4, -0.2) is 11.0 Å². The van der Waals surface area contributed by atoms with Gasteiger partial charge >= 0.3 is 0 Å². The molecule has 2 unspecified atom stereocenters. The number of rotatable bonds is 5. The van der Waals surface area contributed by atoms with Gasteiger partial charge in [-0.05, 0) is 29.9 Å². The fourth-order valence-electron chi connectivity index (χ4n) is 2.58. The molecule has 1 saturated carbocycles. The Morgan fingerprint density at radius 2 is 1.48 bits per heavy atom. The van der Waals surface area contributed by atoms with Crippen LogP contribution in [-0.2, 0) is 4.79 Å². The Kier molecular flexibility index (Phi) is 4.02. The van der Waals surface area contributed by atoms with Crippen molar-refractivity contribution < 1.29 is 9.90 Å². The van der Waals surface area contributed by atoms with E-state index in [9.17, 15) is 9.90 Å². The fourth-order valence-corrected chi connectivity index (χ4v) is 2.58. The number of hydrogen-bond donors (Lipinski definition) is 2. The molecule has 0 spiro atoms. The molecule has 2 N–H and O–H groups in total. The van der Waals surface area contributed by atoms with Crippen LogP contribution in [0, 0.1) is 5.92 Å². The maximum atomic E-state index is 12.3. The number of benzene rings is 2. The van der Waals surface area contributed by atoms with Gasteiger partial charge in [0, 0.05) is 0 Å². The monoisotopic (exact) mass is 281 g/mol. The Morgan fingerprint density at radius 1 is 0.952 bits per heavy atom. The number of aliphatic hydroxyl groups is 1. The fraction of sp³-hybridized carbons (Fsp3) is 0.278. The second kappa shape index (κ2) is 6.10. The molecule has 3 rings (SSSR count). The van der Waals surface area contributed by atoms with Gasteiger partial charge in [-0.2, -0.15) is 0 Å². The normalized spacial score (nSPS) is 17.0. The smallest absolute Gasteiger partial charge is 0.253 e. The third kappa shape index (κ3) is 3.31. The molecule has 21 heavy (non-hydrogen) atoms. The molecule has 2 aromatic rings. The van der Waals surface area contributed by atoms with Crippen LogP contribution in [0.1, 0.15) is 36.1 Å². The molecule has 1 fully saturated rings. The van der Waals surface area contributed by atoms with Crippen molar-refractivity contribution in [3.8, 4) is 0 Å². The van der Waals surface area contributed by atoms with Crippen molar-refractivity contribution in [1.82, 2.24) is 5.32 Å². The van der Waals surface area contributed by atoms with Gasteiger partial charge in [-0.25, -0.2) is 0 Å². The SMILES string of the molecule is O=C(NC(c1ccccc1)C1CC1)C(O)c1ccccc1. The molecule has 0 aromatic heterocycles. The molecule has 2 atom stereocenters. The van der Waals surface area contributed by atoms with Crippen molar-refractivity contribution in [2.45, 2.75) is 25.0 Å². The lowest BCUT2D eigenvalue weighted by molar-refractivity contribution is -0.130. The molecule has 0 radical (unpaired) electrons. The lowest BCUT2D eigenvalue weighted by atomic mass is 10.0. The number of nitrogens with one attached hydrogen (secondary N) is 1. The predicted octanol–water partition coefficient (Wildman–Crippen LogP) is 2.99. The zero-order valence-electron chi connectivity index (χ0n) is 11.8. The molecule has 1 amide bonds. The topological polar surface area (TPSA) is 49.3 Å². The van der Waals surface area contributed by atoms with E-state index < -0.39 is 6.10 Å². The van der Waals surface area contributed by atoms with E-state index in [0.717, 1.165) is 18.4 Å². The molecule has 108 valence electrons. The van der Waals surface area contributed by atoms with Gasteiger partial charge in [-0.1, -0.05) is 60.7 Å². The molecule has 0 aliphatic heterocycles. The van der Waals surface area contributed by atoms with E-state index in [-0.39, 0.29) is 11.9 Å². The number of amides is 1. The quantitative estimate of drug-likeness (QED) is 0.885. The van der Waals surface area contributed by atoms with Gasteiger partial charge in [0.1, 0.15) is 0 Å². The van der Waals surface area contributed by atoms with Gasteiger partial charge in [0.05, 0.1) is 6.04 Å². The first-order valence-electron chi connectivity index (χ1n) is 7.34. The molecule has 3 heteroatoms. The third-order valence-electron chi connectivity index (χ3n) is 3.91. The summed E-state index contributed by atoms with van der Waals surface area (Å²) in [6.45, 7) is 0. The summed E-state index contributed by atoms with van der Waals surface area (Å²) in [6.07, 6.45) is 1.14.